The van der Waals surface area contributed by atoms with Crippen LogP contribution in [0, 0.1) is 54.7 Å². The summed E-state index contributed by atoms with van der Waals surface area (Å²) in [6, 6.07) is 5.24. The number of aliphatic carboxylic acids is 1. The summed E-state index contributed by atoms with van der Waals surface area (Å²) in [6.07, 6.45) is 6.00. The molecule has 3 fully saturated rings. The molecule has 1 aromatic carbocycles. The lowest BCUT2D eigenvalue weighted by atomic mass is 9.46. The van der Waals surface area contributed by atoms with Crippen molar-refractivity contribution in [1.82, 2.24) is 5.32 Å². The minimum absolute atomic E-state index is 0.000980. The smallest absolute Gasteiger partial charge is 0.481 e. The Bertz CT molecular complexity index is 1800. The molecule has 3 N–H and O–H groups in total. The fraction of sp³-hybridized carbons (Fsp3) is 0.659. The summed E-state index contributed by atoms with van der Waals surface area (Å²) in [5.74, 6) is -1.72. The molecule has 1 aromatic rings. The lowest BCUT2D eigenvalue weighted by Gasteiger charge is -2.59. The maximum atomic E-state index is 13.5. The highest BCUT2D eigenvalue weighted by Crippen LogP contribution is 2.66. The van der Waals surface area contributed by atoms with Gasteiger partial charge in [-0.3, -0.25) is 19.2 Å². The fourth-order valence-corrected chi connectivity index (χ4v) is 9.92. The van der Waals surface area contributed by atoms with E-state index in [1.54, 1.807) is 12.1 Å². The molecule has 8 atom stereocenters. The zero-order valence-electron chi connectivity index (χ0n) is 34.6. The van der Waals surface area contributed by atoms with Crippen molar-refractivity contribution in [2.75, 3.05) is 26.4 Å². The topological polar surface area (TPSA) is 287 Å². The van der Waals surface area contributed by atoms with E-state index in [1.165, 1.54) is 19.1 Å². The van der Waals surface area contributed by atoms with Crippen molar-refractivity contribution in [2.45, 2.75) is 110 Å². The molecule has 0 aromatic heterocycles. The predicted octanol–water partition coefficient (Wildman–Crippen LogP) is 4.53. The minimum Gasteiger partial charge on any atom is -0.481 e. The zero-order chi connectivity index (χ0) is 44.9. The third-order valence-corrected chi connectivity index (χ3v) is 12.6. The van der Waals surface area contributed by atoms with E-state index in [0.717, 1.165) is 31.3 Å². The molecule has 0 bridgehead atoms. The Balaban J connectivity index is 0.000000727. The molecule has 61 heavy (non-hydrogen) atoms. The number of carboxylic acids is 1. The zero-order valence-corrected chi connectivity index (χ0v) is 34.6. The second-order valence-corrected chi connectivity index (χ2v) is 16.5. The highest BCUT2D eigenvalue weighted by molar-refractivity contribution is 5.91. The highest BCUT2D eigenvalue weighted by Gasteiger charge is 2.63. The number of hydrogen-bond donors (Lipinski definition) is 3. The van der Waals surface area contributed by atoms with Gasteiger partial charge in [0.2, 0.25) is 5.91 Å². The summed E-state index contributed by atoms with van der Waals surface area (Å²) in [5.41, 5.74) is 1.18. The Kier molecular flexibility index (Phi) is 17.1. The molecule has 0 saturated heterocycles. The molecular formula is C41H55N3O17. The number of benzene rings is 1. The summed E-state index contributed by atoms with van der Waals surface area (Å²) < 4.78 is 15.8. The van der Waals surface area contributed by atoms with Gasteiger partial charge in [-0.05, 0) is 110 Å². The number of nitrogens with zero attached hydrogens (tertiary/aromatic N) is 2. The molecule has 0 radical (unpaired) electrons. The number of unbranched alkanes of at least 4 members (excludes halogenated alkanes) is 1. The predicted molar refractivity (Wildman–Crippen MR) is 209 cm³/mol. The number of fused-ring (bicyclic) bond motifs is 5. The first-order valence-electron chi connectivity index (χ1n) is 20.4. The SMILES string of the molecule is CC(=O)NC(Cc1ccc(OC(=O)OCC(=O)C2CCC3C4CCC5=CC(=O)CCC5(C)C4C(O)CC23C)cc1)C(=O)OCCCCO[N+](=O)[O-].O=C(O)CCCO[N+](=O)[O-]. The largest absolute Gasteiger partial charge is 0.514 e. The molecule has 20 heteroatoms. The quantitative estimate of drug-likeness (QED) is 0.0566. The first kappa shape index (κ1) is 48.0. The second-order valence-electron chi connectivity index (χ2n) is 16.5. The van der Waals surface area contributed by atoms with Crippen LogP contribution in [0.5, 0.6) is 5.75 Å². The molecule has 0 heterocycles. The average molecular weight is 862 g/mol. The second kappa shape index (κ2) is 21.7. The number of carboxylic acid groups (broad SMARTS) is 1. The number of nitrogens with one attached hydrogen (secondary N) is 1. The lowest BCUT2D eigenvalue weighted by Crippen LogP contribution is -2.57. The Hall–Kier alpha value is -5.66. The van der Waals surface area contributed by atoms with Crippen molar-refractivity contribution >= 4 is 35.6 Å². The normalized spacial score (nSPS) is 26.5. The van der Waals surface area contributed by atoms with Gasteiger partial charge in [-0.15, -0.1) is 20.2 Å². The van der Waals surface area contributed by atoms with E-state index in [2.05, 4.69) is 28.8 Å². The van der Waals surface area contributed by atoms with E-state index in [9.17, 15) is 54.1 Å². The van der Waals surface area contributed by atoms with Crippen molar-refractivity contribution < 1.29 is 73.0 Å². The third-order valence-electron chi connectivity index (χ3n) is 12.6. The summed E-state index contributed by atoms with van der Waals surface area (Å²) in [5, 5.41) is 40.0. The Morgan fingerprint density at radius 1 is 0.918 bits per heavy atom. The number of Topliss-reactive ketones (excluding diaryl/α,β-unsaturated/α-hetero) is 1. The van der Waals surface area contributed by atoms with Crippen LogP contribution in [-0.2, 0) is 49.5 Å². The number of carbonyl (C=O) groups is 6. The molecular weight excluding hydrogens is 806 g/mol. The third kappa shape index (κ3) is 13.2. The molecule has 336 valence electrons. The van der Waals surface area contributed by atoms with Gasteiger partial charge in [0.1, 0.15) is 11.8 Å². The molecule has 1 amide bonds. The van der Waals surface area contributed by atoms with Crippen LogP contribution in [0.15, 0.2) is 35.9 Å². The van der Waals surface area contributed by atoms with Gasteiger partial charge in [-0.2, -0.15) is 0 Å². The minimum atomic E-state index is -1.03. The Morgan fingerprint density at radius 2 is 1.57 bits per heavy atom. The van der Waals surface area contributed by atoms with Crippen LogP contribution >= 0.6 is 0 Å². The molecule has 0 aliphatic heterocycles. The van der Waals surface area contributed by atoms with Crippen LogP contribution in [-0.4, -0.2) is 94.5 Å². The van der Waals surface area contributed by atoms with Gasteiger partial charge in [0, 0.05) is 32.1 Å². The van der Waals surface area contributed by atoms with E-state index in [-0.39, 0.29) is 85.5 Å². The number of aliphatic hydroxyl groups excluding tert-OH is 1. The summed E-state index contributed by atoms with van der Waals surface area (Å²) in [7, 11) is 0. The summed E-state index contributed by atoms with van der Waals surface area (Å²) in [6.45, 7) is 4.86. The van der Waals surface area contributed by atoms with Crippen molar-refractivity contribution in [3.63, 3.8) is 0 Å². The maximum Gasteiger partial charge on any atom is 0.514 e. The van der Waals surface area contributed by atoms with Gasteiger partial charge in [-0.1, -0.05) is 31.6 Å². The van der Waals surface area contributed by atoms with Crippen molar-refractivity contribution in [1.29, 1.82) is 0 Å². The fourth-order valence-electron chi connectivity index (χ4n) is 9.92. The van der Waals surface area contributed by atoms with Gasteiger partial charge in [0.25, 0.3) is 10.2 Å². The van der Waals surface area contributed by atoms with Gasteiger partial charge in [0.15, 0.2) is 18.2 Å². The lowest BCUT2D eigenvalue weighted by molar-refractivity contribution is -0.757. The number of rotatable bonds is 19. The summed E-state index contributed by atoms with van der Waals surface area (Å²) >= 11 is 0. The van der Waals surface area contributed by atoms with Crippen molar-refractivity contribution in [3.8, 4) is 5.75 Å². The number of ether oxygens (including phenoxy) is 3. The van der Waals surface area contributed by atoms with Gasteiger partial charge < -0.3 is 39.4 Å². The maximum absolute atomic E-state index is 13.5. The van der Waals surface area contributed by atoms with E-state index in [1.807, 2.05) is 6.08 Å². The Labute approximate surface area is 351 Å². The molecule has 20 nitrogen and oxygen atoms in total. The van der Waals surface area contributed by atoms with Gasteiger partial charge >= 0.3 is 18.1 Å². The van der Waals surface area contributed by atoms with Crippen LogP contribution in [0.2, 0.25) is 0 Å². The van der Waals surface area contributed by atoms with E-state index in [0.29, 0.717) is 37.7 Å². The first-order chi connectivity index (χ1) is 28.8. The molecule has 8 unspecified atom stereocenters. The number of carbonyl (C=O) groups excluding carboxylic acids is 5. The number of hydrogen-bond acceptors (Lipinski definition) is 16. The highest BCUT2D eigenvalue weighted by atomic mass is 17.0. The van der Waals surface area contributed by atoms with Crippen molar-refractivity contribution in [3.05, 3.63) is 61.7 Å². The number of allylic oxidation sites excluding steroid dienone is 1. The van der Waals surface area contributed by atoms with Crippen LogP contribution in [0.1, 0.15) is 97.0 Å². The molecule has 4 aliphatic rings. The monoisotopic (exact) mass is 861 g/mol. The van der Waals surface area contributed by atoms with Crippen LogP contribution in [0.3, 0.4) is 0 Å². The van der Waals surface area contributed by atoms with Gasteiger partial charge in [0.05, 0.1) is 25.9 Å². The van der Waals surface area contributed by atoms with Crippen LogP contribution in [0.4, 0.5) is 4.79 Å². The van der Waals surface area contributed by atoms with E-state index >= 15 is 0 Å². The summed E-state index contributed by atoms with van der Waals surface area (Å²) in [4.78, 5) is 100. The van der Waals surface area contributed by atoms with E-state index in [4.69, 9.17) is 19.3 Å². The van der Waals surface area contributed by atoms with Gasteiger partial charge in [-0.25, -0.2) is 9.59 Å². The molecule has 3 saturated carbocycles. The average Bonchev–Trinajstić information content (AvgIpc) is 3.53. The standard InChI is InChI=1S/C37H48N2O12.C4H7NO5/c1-22(40)38-30(34(44)48-16-4-5-17-50-39(46)47)18-23-6-9-26(10-7-23)51-35(45)49-21-32(43)29-13-12-28-27-11-8-24-19-25(41)14-15-36(24,2)33(27)31(42)20-37(28,29)3;6-4(7)2-1-3-10-5(8)9/h6-7,9-10,19,27-31,33,42H,4-5,8,11-18,20-21H2,1-3H3,(H,38,40);1-3H2,(H,6,7). The first-order valence-corrected chi connectivity index (χ1v) is 20.4. The van der Waals surface area contributed by atoms with Crippen molar-refractivity contribution in [2.24, 2.45) is 34.5 Å². The molecule has 4 aliphatic carbocycles. The van der Waals surface area contributed by atoms with E-state index < -0.39 is 58.3 Å². The number of amides is 1. The molecule has 0 spiro atoms. The number of esters is 1. The van der Waals surface area contributed by atoms with Crippen LogP contribution < -0.4 is 10.1 Å². The Morgan fingerprint density at radius 3 is 2.21 bits per heavy atom. The molecule has 5 rings (SSSR count). The number of aliphatic hydroxyl groups is 1. The van der Waals surface area contributed by atoms with Crippen LogP contribution in [0.25, 0.3) is 0 Å². The number of ketones is 2.